The van der Waals surface area contributed by atoms with Crippen LogP contribution < -0.4 is 11.1 Å². The van der Waals surface area contributed by atoms with Gasteiger partial charge in [-0.2, -0.15) is 11.8 Å². The number of hydrogen-bond acceptors (Lipinski definition) is 3. The average molecular weight is 188 g/mol. The van der Waals surface area contributed by atoms with Gasteiger partial charge in [0.2, 0.25) is 5.91 Å². The van der Waals surface area contributed by atoms with Gasteiger partial charge in [-0.25, -0.2) is 0 Å². The van der Waals surface area contributed by atoms with Gasteiger partial charge in [-0.15, -0.1) is 0 Å². The quantitative estimate of drug-likeness (QED) is 0.612. The highest BCUT2D eigenvalue weighted by Crippen LogP contribution is 2.24. The number of rotatable bonds is 5. The third-order valence-electron chi connectivity index (χ3n) is 1.94. The number of primary amides is 1. The van der Waals surface area contributed by atoms with Crippen molar-refractivity contribution in [3.05, 3.63) is 0 Å². The van der Waals surface area contributed by atoms with E-state index in [2.05, 4.69) is 5.32 Å². The number of carbonyl (C=O) groups is 1. The van der Waals surface area contributed by atoms with Crippen molar-refractivity contribution in [2.45, 2.75) is 24.5 Å². The molecule has 0 aliphatic carbocycles. The van der Waals surface area contributed by atoms with Crippen molar-refractivity contribution < 1.29 is 4.79 Å². The van der Waals surface area contributed by atoms with Crippen molar-refractivity contribution in [1.29, 1.82) is 0 Å². The van der Waals surface area contributed by atoms with Gasteiger partial charge in [-0.3, -0.25) is 4.79 Å². The Hall–Kier alpha value is -0.220. The van der Waals surface area contributed by atoms with E-state index in [1.54, 1.807) is 0 Å². The van der Waals surface area contributed by atoms with Gasteiger partial charge >= 0.3 is 0 Å². The van der Waals surface area contributed by atoms with Crippen LogP contribution in [0, 0.1) is 0 Å². The molecule has 0 saturated carbocycles. The summed E-state index contributed by atoms with van der Waals surface area (Å²) in [7, 11) is 0. The topological polar surface area (TPSA) is 55.1 Å². The van der Waals surface area contributed by atoms with Crippen LogP contribution in [0.3, 0.4) is 0 Å². The average Bonchev–Trinajstić information content (AvgIpc) is 2.49. The zero-order valence-electron chi connectivity index (χ0n) is 7.21. The van der Waals surface area contributed by atoms with Crippen LogP contribution in [0.25, 0.3) is 0 Å². The van der Waals surface area contributed by atoms with E-state index in [0.29, 0.717) is 6.42 Å². The van der Waals surface area contributed by atoms with Crippen LogP contribution in [-0.2, 0) is 4.79 Å². The summed E-state index contributed by atoms with van der Waals surface area (Å²) in [5.74, 6) is 1.07. The van der Waals surface area contributed by atoms with E-state index in [0.717, 1.165) is 18.3 Å². The Bertz CT molecular complexity index is 146. The molecule has 1 atom stereocenters. The highest BCUT2D eigenvalue weighted by atomic mass is 32.2. The van der Waals surface area contributed by atoms with Gasteiger partial charge in [-0.05, 0) is 18.6 Å². The highest BCUT2D eigenvalue weighted by molar-refractivity contribution is 8.00. The molecular weight excluding hydrogens is 172 g/mol. The molecule has 0 spiro atoms. The fourth-order valence-corrected chi connectivity index (χ4v) is 2.52. The lowest BCUT2D eigenvalue weighted by Gasteiger charge is -2.08. The molecule has 1 rings (SSSR count). The SMILES string of the molecule is NC(=O)CCNCC1CCCS1. The molecule has 1 aliphatic rings. The van der Waals surface area contributed by atoms with Gasteiger partial charge in [0.05, 0.1) is 0 Å². The molecule has 4 heteroatoms. The fourth-order valence-electron chi connectivity index (χ4n) is 1.28. The van der Waals surface area contributed by atoms with E-state index in [1.165, 1.54) is 18.6 Å². The first-order valence-electron chi connectivity index (χ1n) is 4.39. The minimum Gasteiger partial charge on any atom is -0.370 e. The molecule has 0 aromatic rings. The first-order chi connectivity index (χ1) is 5.79. The van der Waals surface area contributed by atoms with Crippen LogP contribution >= 0.6 is 11.8 Å². The molecule has 1 heterocycles. The molecule has 1 amide bonds. The summed E-state index contributed by atoms with van der Waals surface area (Å²) in [5, 5.41) is 4.00. The zero-order chi connectivity index (χ0) is 8.81. The lowest BCUT2D eigenvalue weighted by molar-refractivity contribution is -0.117. The smallest absolute Gasteiger partial charge is 0.218 e. The Balaban J connectivity index is 1.91. The van der Waals surface area contributed by atoms with Crippen LogP contribution in [0.2, 0.25) is 0 Å². The number of amides is 1. The van der Waals surface area contributed by atoms with Gasteiger partial charge in [0.1, 0.15) is 0 Å². The molecule has 0 radical (unpaired) electrons. The molecule has 3 nitrogen and oxygen atoms in total. The molecule has 12 heavy (non-hydrogen) atoms. The van der Waals surface area contributed by atoms with Crippen molar-refractivity contribution >= 4 is 17.7 Å². The Labute approximate surface area is 77.5 Å². The molecule has 0 aromatic heterocycles. The van der Waals surface area contributed by atoms with Gasteiger partial charge in [-0.1, -0.05) is 0 Å². The summed E-state index contributed by atoms with van der Waals surface area (Å²) in [6.07, 6.45) is 3.11. The van der Waals surface area contributed by atoms with Gasteiger partial charge < -0.3 is 11.1 Å². The third kappa shape index (κ3) is 3.97. The fraction of sp³-hybridized carbons (Fsp3) is 0.875. The van der Waals surface area contributed by atoms with Crippen molar-refractivity contribution in [3.8, 4) is 0 Å². The van der Waals surface area contributed by atoms with Crippen LogP contribution in [0.15, 0.2) is 0 Å². The third-order valence-corrected chi connectivity index (χ3v) is 3.34. The molecule has 0 aromatic carbocycles. The number of hydrogen-bond donors (Lipinski definition) is 2. The summed E-state index contributed by atoms with van der Waals surface area (Å²) < 4.78 is 0. The second-order valence-corrected chi connectivity index (χ2v) is 4.46. The Kier molecular flexibility index (Phi) is 4.46. The molecule has 1 saturated heterocycles. The van der Waals surface area contributed by atoms with E-state index in [4.69, 9.17) is 5.73 Å². The maximum absolute atomic E-state index is 10.4. The lowest BCUT2D eigenvalue weighted by atomic mass is 10.2. The summed E-state index contributed by atoms with van der Waals surface area (Å²) >= 11 is 2.02. The Morgan fingerprint density at radius 2 is 2.50 bits per heavy atom. The van der Waals surface area contributed by atoms with Crippen LogP contribution in [0.1, 0.15) is 19.3 Å². The first kappa shape index (κ1) is 9.86. The largest absolute Gasteiger partial charge is 0.370 e. The normalized spacial score (nSPS) is 22.8. The molecule has 3 N–H and O–H groups in total. The molecule has 0 bridgehead atoms. The van der Waals surface area contributed by atoms with E-state index in [9.17, 15) is 4.79 Å². The lowest BCUT2D eigenvalue weighted by Crippen LogP contribution is -2.27. The number of carbonyl (C=O) groups excluding carboxylic acids is 1. The minimum atomic E-state index is -0.221. The van der Waals surface area contributed by atoms with Gasteiger partial charge in [0, 0.05) is 24.8 Å². The van der Waals surface area contributed by atoms with Crippen LogP contribution in [0.4, 0.5) is 0 Å². The van der Waals surface area contributed by atoms with Crippen LogP contribution in [0.5, 0.6) is 0 Å². The molecule has 70 valence electrons. The van der Waals surface area contributed by atoms with E-state index in [-0.39, 0.29) is 5.91 Å². The van der Waals surface area contributed by atoms with Crippen molar-refractivity contribution in [2.75, 3.05) is 18.8 Å². The maximum Gasteiger partial charge on any atom is 0.218 e. The molecule has 1 unspecified atom stereocenters. The van der Waals surface area contributed by atoms with Gasteiger partial charge in [0.25, 0.3) is 0 Å². The second kappa shape index (κ2) is 5.43. The predicted molar refractivity (Wildman–Crippen MR) is 52.2 cm³/mol. The number of nitrogens with one attached hydrogen (secondary N) is 1. The molecule has 1 fully saturated rings. The molecular formula is C8H16N2OS. The Morgan fingerprint density at radius 1 is 1.67 bits per heavy atom. The van der Waals surface area contributed by atoms with Crippen molar-refractivity contribution in [1.82, 2.24) is 5.32 Å². The first-order valence-corrected chi connectivity index (χ1v) is 5.44. The van der Waals surface area contributed by atoms with E-state index in [1.807, 2.05) is 11.8 Å². The number of nitrogens with two attached hydrogens (primary N) is 1. The van der Waals surface area contributed by atoms with Crippen molar-refractivity contribution in [2.24, 2.45) is 5.73 Å². The maximum atomic E-state index is 10.4. The second-order valence-electron chi connectivity index (χ2n) is 3.06. The van der Waals surface area contributed by atoms with Crippen molar-refractivity contribution in [3.63, 3.8) is 0 Å². The summed E-state index contributed by atoms with van der Waals surface area (Å²) in [4.78, 5) is 10.4. The Morgan fingerprint density at radius 3 is 3.08 bits per heavy atom. The van der Waals surface area contributed by atoms with Crippen LogP contribution in [-0.4, -0.2) is 30.0 Å². The van der Waals surface area contributed by atoms with E-state index < -0.39 is 0 Å². The number of thioether (sulfide) groups is 1. The van der Waals surface area contributed by atoms with E-state index >= 15 is 0 Å². The standard InChI is InChI=1S/C8H16N2OS/c9-8(11)3-4-10-6-7-2-1-5-12-7/h7,10H,1-6H2,(H2,9,11). The monoisotopic (exact) mass is 188 g/mol. The summed E-state index contributed by atoms with van der Waals surface area (Å²) in [6.45, 7) is 1.75. The highest BCUT2D eigenvalue weighted by Gasteiger charge is 2.14. The molecule has 1 aliphatic heterocycles. The zero-order valence-corrected chi connectivity index (χ0v) is 8.03. The predicted octanol–water partition coefficient (Wildman–Crippen LogP) is 0.347. The van der Waals surface area contributed by atoms with Gasteiger partial charge in [0.15, 0.2) is 0 Å². The summed E-state index contributed by atoms with van der Waals surface area (Å²) in [5.41, 5.74) is 5.00. The minimum absolute atomic E-state index is 0.221. The summed E-state index contributed by atoms with van der Waals surface area (Å²) in [6, 6.07) is 0.